The molecule has 21 heavy (non-hydrogen) atoms. The van der Waals surface area contributed by atoms with E-state index in [1.54, 1.807) is 7.11 Å². The van der Waals surface area contributed by atoms with Crippen molar-refractivity contribution in [2.75, 3.05) is 13.7 Å². The Morgan fingerprint density at radius 2 is 1.90 bits per heavy atom. The lowest BCUT2D eigenvalue weighted by Gasteiger charge is -2.14. The first kappa shape index (κ1) is 15.1. The first-order valence-electron chi connectivity index (χ1n) is 6.79. The zero-order valence-electron chi connectivity index (χ0n) is 12.0. The third kappa shape index (κ3) is 4.07. The zero-order chi connectivity index (χ0) is 15.1. The number of hydrogen-bond acceptors (Lipinski definition) is 4. The molecule has 0 bridgehead atoms. The van der Waals surface area contributed by atoms with Gasteiger partial charge in [-0.3, -0.25) is 4.79 Å². The number of nitrogens with two attached hydrogens (primary N) is 1. The molecule has 0 aromatic heterocycles. The van der Waals surface area contributed by atoms with Crippen molar-refractivity contribution < 1.29 is 14.3 Å². The Bertz CT molecular complexity index is 584. The topological polar surface area (TPSA) is 61.5 Å². The summed E-state index contributed by atoms with van der Waals surface area (Å²) in [4.78, 5) is 12.2. The molecule has 0 heterocycles. The molecule has 4 nitrogen and oxygen atoms in total. The smallest absolute Gasteiger partial charge is 0.315 e. The summed E-state index contributed by atoms with van der Waals surface area (Å²) in [6.07, 6.45) is 0. The minimum atomic E-state index is -0.434. The number of esters is 1. The molecule has 110 valence electrons. The Kier molecular flexibility index (Phi) is 5.35. The lowest BCUT2D eigenvalue weighted by Crippen LogP contribution is -2.23. The molecule has 2 rings (SSSR count). The fraction of sp³-hybridized carbons (Fsp3) is 0.235. The summed E-state index contributed by atoms with van der Waals surface area (Å²) < 4.78 is 10.5. The highest BCUT2D eigenvalue weighted by Gasteiger charge is 2.20. The van der Waals surface area contributed by atoms with E-state index in [1.807, 2.05) is 54.6 Å². The van der Waals surface area contributed by atoms with Crippen LogP contribution >= 0.6 is 0 Å². The Morgan fingerprint density at radius 1 is 1.14 bits per heavy atom. The maximum absolute atomic E-state index is 12.2. The quantitative estimate of drug-likeness (QED) is 0.828. The van der Waals surface area contributed by atoms with Gasteiger partial charge in [-0.15, -0.1) is 0 Å². The monoisotopic (exact) mass is 285 g/mol. The Morgan fingerprint density at radius 3 is 2.57 bits per heavy atom. The first-order chi connectivity index (χ1) is 10.2. The van der Waals surface area contributed by atoms with Crippen LogP contribution in [0.3, 0.4) is 0 Å². The van der Waals surface area contributed by atoms with Gasteiger partial charge < -0.3 is 15.2 Å². The lowest BCUT2D eigenvalue weighted by atomic mass is 10.00. The Hall–Kier alpha value is -2.33. The second kappa shape index (κ2) is 7.45. The fourth-order valence-corrected chi connectivity index (χ4v) is 2.07. The van der Waals surface area contributed by atoms with E-state index in [9.17, 15) is 4.79 Å². The predicted octanol–water partition coefficient (Wildman–Crippen LogP) is 2.48. The summed E-state index contributed by atoms with van der Waals surface area (Å²) in [5.74, 6) is -0.00897. The number of methoxy groups -OCH3 is 1. The molecule has 0 spiro atoms. The summed E-state index contributed by atoms with van der Waals surface area (Å²) in [5.41, 5.74) is 7.45. The molecule has 0 fully saturated rings. The molecular formula is C17H19NO3. The Balaban J connectivity index is 2.00. The van der Waals surface area contributed by atoms with Crippen LogP contribution in [0.25, 0.3) is 0 Å². The zero-order valence-corrected chi connectivity index (χ0v) is 12.0. The maximum atomic E-state index is 12.2. The first-order valence-corrected chi connectivity index (χ1v) is 6.79. The number of carbonyl (C=O) groups excluding carboxylic acids is 1. The lowest BCUT2D eigenvalue weighted by molar-refractivity contribution is -0.146. The summed E-state index contributed by atoms with van der Waals surface area (Å²) in [6, 6.07) is 16.9. The van der Waals surface area contributed by atoms with E-state index in [1.165, 1.54) is 0 Å². The molecule has 1 atom stereocenters. The van der Waals surface area contributed by atoms with E-state index >= 15 is 0 Å². The van der Waals surface area contributed by atoms with Crippen molar-refractivity contribution in [2.45, 2.75) is 12.5 Å². The summed E-state index contributed by atoms with van der Waals surface area (Å²) in [5, 5.41) is 0. The fourth-order valence-electron chi connectivity index (χ4n) is 2.07. The highest BCUT2D eigenvalue weighted by molar-refractivity contribution is 5.78. The summed E-state index contributed by atoms with van der Waals surface area (Å²) >= 11 is 0. The van der Waals surface area contributed by atoms with Gasteiger partial charge >= 0.3 is 5.97 Å². The van der Waals surface area contributed by atoms with Crippen molar-refractivity contribution in [3.05, 3.63) is 65.7 Å². The van der Waals surface area contributed by atoms with E-state index < -0.39 is 5.92 Å². The van der Waals surface area contributed by atoms with Crippen LogP contribution in [0.1, 0.15) is 17.0 Å². The second-order valence-corrected chi connectivity index (χ2v) is 4.66. The van der Waals surface area contributed by atoms with Crippen molar-refractivity contribution in [3.63, 3.8) is 0 Å². The number of ether oxygens (including phenoxy) is 2. The van der Waals surface area contributed by atoms with Gasteiger partial charge in [-0.2, -0.15) is 0 Å². The summed E-state index contributed by atoms with van der Waals surface area (Å²) in [7, 11) is 1.60. The van der Waals surface area contributed by atoms with Gasteiger partial charge in [0, 0.05) is 6.54 Å². The van der Waals surface area contributed by atoms with Gasteiger partial charge in [-0.05, 0) is 23.3 Å². The molecule has 1 unspecified atom stereocenters. The molecule has 0 radical (unpaired) electrons. The van der Waals surface area contributed by atoms with Crippen molar-refractivity contribution in [1.29, 1.82) is 0 Å². The number of rotatable bonds is 6. The van der Waals surface area contributed by atoms with Crippen molar-refractivity contribution in [3.8, 4) is 5.75 Å². The van der Waals surface area contributed by atoms with Crippen LogP contribution in [0.4, 0.5) is 0 Å². The largest absolute Gasteiger partial charge is 0.497 e. The molecule has 0 saturated carbocycles. The van der Waals surface area contributed by atoms with Gasteiger partial charge in [0.25, 0.3) is 0 Å². The minimum absolute atomic E-state index is 0.208. The van der Waals surface area contributed by atoms with Gasteiger partial charge in [0.2, 0.25) is 0 Å². The SMILES string of the molecule is COc1cccc(COC(=O)C(CN)c2ccccc2)c1. The van der Waals surface area contributed by atoms with Crippen LogP contribution in [0.5, 0.6) is 5.75 Å². The van der Waals surface area contributed by atoms with Gasteiger partial charge in [0.1, 0.15) is 12.4 Å². The van der Waals surface area contributed by atoms with E-state index in [0.29, 0.717) is 0 Å². The molecule has 0 saturated heterocycles. The van der Waals surface area contributed by atoms with Gasteiger partial charge in [-0.1, -0.05) is 42.5 Å². The highest BCUT2D eigenvalue weighted by atomic mass is 16.5. The van der Waals surface area contributed by atoms with Crippen molar-refractivity contribution in [2.24, 2.45) is 5.73 Å². The van der Waals surface area contributed by atoms with Crippen LogP contribution in [-0.4, -0.2) is 19.6 Å². The number of benzene rings is 2. The molecule has 0 amide bonds. The van der Waals surface area contributed by atoms with E-state index in [-0.39, 0.29) is 19.1 Å². The standard InChI is InChI=1S/C17H19NO3/c1-20-15-9-5-6-13(10-15)12-21-17(19)16(11-18)14-7-3-2-4-8-14/h2-10,16H,11-12,18H2,1H3. The molecule has 0 aliphatic heterocycles. The second-order valence-electron chi connectivity index (χ2n) is 4.66. The number of hydrogen-bond donors (Lipinski definition) is 1. The molecule has 2 aromatic carbocycles. The van der Waals surface area contributed by atoms with E-state index in [4.69, 9.17) is 15.2 Å². The highest BCUT2D eigenvalue weighted by Crippen LogP contribution is 2.18. The molecule has 0 aliphatic rings. The van der Waals surface area contributed by atoms with Crippen LogP contribution in [0.2, 0.25) is 0 Å². The van der Waals surface area contributed by atoms with Crippen molar-refractivity contribution in [1.82, 2.24) is 0 Å². The minimum Gasteiger partial charge on any atom is -0.497 e. The third-order valence-corrected chi connectivity index (χ3v) is 3.24. The van der Waals surface area contributed by atoms with Gasteiger partial charge in [-0.25, -0.2) is 0 Å². The van der Waals surface area contributed by atoms with Crippen LogP contribution in [-0.2, 0) is 16.1 Å². The average molecular weight is 285 g/mol. The number of carbonyl (C=O) groups is 1. The van der Waals surface area contributed by atoms with Crippen LogP contribution < -0.4 is 10.5 Å². The maximum Gasteiger partial charge on any atom is 0.315 e. The van der Waals surface area contributed by atoms with Crippen LogP contribution in [0.15, 0.2) is 54.6 Å². The molecule has 4 heteroatoms. The summed E-state index contributed by atoms with van der Waals surface area (Å²) in [6.45, 7) is 0.431. The molecule has 0 aliphatic carbocycles. The molecular weight excluding hydrogens is 266 g/mol. The third-order valence-electron chi connectivity index (χ3n) is 3.24. The van der Waals surface area contributed by atoms with Gasteiger partial charge in [0.05, 0.1) is 13.0 Å². The molecule has 2 aromatic rings. The van der Waals surface area contributed by atoms with Gasteiger partial charge in [0.15, 0.2) is 0 Å². The Labute approximate surface area is 124 Å². The van der Waals surface area contributed by atoms with E-state index in [0.717, 1.165) is 16.9 Å². The predicted molar refractivity (Wildman–Crippen MR) is 81.0 cm³/mol. The molecule has 2 N–H and O–H groups in total. The van der Waals surface area contributed by atoms with Crippen molar-refractivity contribution >= 4 is 5.97 Å². The van der Waals surface area contributed by atoms with E-state index in [2.05, 4.69) is 0 Å². The normalized spacial score (nSPS) is 11.7. The van der Waals surface area contributed by atoms with Crippen LogP contribution in [0, 0.1) is 0 Å². The average Bonchev–Trinajstić information content (AvgIpc) is 2.55.